The van der Waals surface area contributed by atoms with Crippen molar-refractivity contribution in [3.8, 4) is 5.75 Å². The van der Waals surface area contributed by atoms with Gasteiger partial charge in [-0.3, -0.25) is 9.59 Å². The van der Waals surface area contributed by atoms with E-state index in [4.69, 9.17) is 4.74 Å². The molecule has 0 fully saturated rings. The number of esters is 1. The highest BCUT2D eigenvalue weighted by molar-refractivity contribution is 8.17. The number of aromatic hydroxyl groups is 1. The van der Waals surface area contributed by atoms with Gasteiger partial charge in [0.05, 0.1) is 4.58 Å². The van der Waals surface area contributed by atoms with Crippen LogP contribution in [0.15, 0.2) is 12.1 Å². The lowest BCUT2D eigenvalue weighted by Crippen LogP contribution is -2.30. The molecule has 0 aliphatic carbocycles. The lowest BCUT2D eigenvalue weighted by atomic mass is 9.77. The standard InChI is InChI=1S/C44H78O5S2/c1-9-11-13-15-17-19-21-23-25-27-29-50-39(51-30-28-26-24-22-20-18-16-14-12-10-2)34-49-42(48)36(41(46)47)31-35-32-37(43(3,4)5)40(45)38(33-35)44(6,7)8/h32-33,36,39,45H,9-31,34H2,1-8H3,(H,46,47). The van der Waals surface area contributed by atoms with Gasteiger partial charge in [0.2, 0.25) is 0 Å². The number of carbonyl (C=O) groups is 2. The fraction of sp³-hybridized carbons (Fsp3) is 0.818. The lowest BCUT2D eigenvalue weighted by Gasteiger charge is -2.28. The predicted molar refractivity (Wildman–Crippen MR) is 224 cm³/mol. The van der Waals surface area contributed by atoms with Gasteiger partial charge in [0, 0.05) is 0 Å². The molecule has 2 N–H and O–H groups in total. The van der Waals surface area contributed by atoms with E-state index in [0.29, 0.717) is 0 Å². The Balaban J connectivity index is 2.76. The van der Waals surface area contributed by atoms with Crippen LogP contribution in [0, 0.1) is 5.92 Å². The number of carboxylic acid groups (broad SMARTS) is 1. The van der Waals surface area contributed by atoms with E-state index in [1.54, 1.807) is 0 Å². The van der Waals surface area contributed by atoms with E-state index >= 15 is 0 Å². The molecule has 1 atom stereocenters. The Kier molecular flexibility index (Phi) is 25.5. The molecule has 0 amide bonds. The number of unbranched alkanes of at least 4 members (excludes halogenated alkanes) is 18. The van der Waals surface area contributed by atoms with Crippen LogP contribution in [0.25, 0.3) is 0 Å². The number of aliphatic carboxylic acids is 1. The van der Waals surface area contributed by atoms with Gasteiger partial charge >= 0.3 is 11.9 Å². The first-order chi connectivity index (χ1) is 24.2. The topological polar surface area (TPSA) is 83.8 Å². The minimum absolute atomic E-state index is 0.0305. The van der Waals surface area contributed by atoms with Gasteiger partial charge in [-0.2, -0.15) is 0 Å². The van der Waals surface area contributed by atoms with Crippen molar-refractivity contribution in [2.24, 2.45) is 5.92 Å². The monoisotopic (exact) mass is 751 g/mol. The number of carbonyl (C=O) groups excluding carboxylic acids is 1. The van der Waals surface area contributed by atoms with Crippen molar-refractivity contribution in [2.45, 2.75) is 206 Å². The number of carboxylic acids is 1. The van der Waals surface area contributed by atoms with E-state index in [-0.39, 0.29) is 34.2 Å². The summed E-state index contributed by atoms with van der Waals surface area (Å²) in [6.07, 6.45) is 26.2. The van der Waals surface area contributed by atoms with Crippen LogP contribution in [0.5, 0.6) is 5.75 Å². The predicted octanol–water partition coefficient (Wildman–Crippen LogP) is 13.4. The zero-order valence-corrected chi connectivity index (χ0v) is 35.8. The van der Waals surface area contributed by atoms with Gasteiger partial charge in [-0.25, -0.2) is 0 Å². The van der Waals surface area contributed by atoms with E-state index in [0.717, 1.165) is 41.0 Å². The highest BCUT2D eigenvalue weighted by Gasteiger charge is 2.32. The summed E-state index contributed by atoms with van der Waals surface area (Å²) in [6.45, 7) is 16.9. The van der Waals surface area contributed by atoms with Crippen molar-refractivity contribution in [2.75, 3.05) is 18.1 Å². The third-order valence-electron chi connectivity index (χ3n) is 9.77. The quantitative estimate of drug-likeness (QED) is 0.0350. The highest BCUT2D eigenvalue weighted by atomic mass is 32.2. The molecule has 0 aromatic heterocycles. The van der Waals surface area contributed by atoms with Crippen LogP contribution in [0.4, 0.5) is 0 Å². The number of rotatable bonds is 30. The molecule has 0 saturated carbocycles. The average Bonchev–Trinajstić information content (AvgIpc) is 3.06. The van der Waals surface area contributed by atoms with Crippen molar-refractivity contribution >= 4 is 35.5 Å². The van der Waals surface area contributed by atoms with E-state index in [2.05, 4.69) is 13.8 Å². The summed E-state index contributed by atoms with van der Waals surface area (Å²) in [7, 11) is 0. The molecule has 1 aromatic carbocycles. The Labute approximate surface area is 323 Å². The fourth-order valence-electron chi connectivity index (χ4n) is 6.47. The third-order valence-corrected chi connectivity index (χ3v) is 12.7. The van der Waals surface area contributed by atoms with Crippen LogP contribution in [0.1, 0.15) is 200 Å². The molecule has 0 radical (unpaired) electrons. The van der Waals surface area contributed by atoms with Gasteiger partial charge in [0.25, 0.3) is 0 Å². The third kappa shape index (κ3) is 21.8. The van der Waals surface area contributed by atoms with Crippen LogP contribution in [-0.4, -0.2) is 44.8 Å². The van der Waals surface area contributed by atoms with Crippen molar-refractivity contribution in [1.82, 2.24) is 0 Å². The summed E-state index contributed by atoms with van der Waals surface area (Å²) in [6, 6.07) is 3.72. The van der Waals surface area contributed by atoms with Gasteiger partial charge < -0.3 is 14.9 Å². The molecule has 5 nitrogen and oxygen atoms in total. The number of ether oxygens (including phenoxy) is 1. The van der Waals surface area contributed by atoms with Crippen LogP contribution < -0.4 is 0 Å². The van der Waals surface area contributed by atoms with Crippen molar-refractivity contribution < 1.29 is 24.5 Å². The van der Waals surface area contributed by atoms with Crippen molar-refractivity contribution in [3.63, 3.8) is 0 Å². The summed E-state index contributed by atoms with van der Waals surface area (Å²) < 4.78 is 5.91. The molecule has 7 heteroatoms. The SMILES string of the molecule is CCCCCCCCCCCCSC(COC(=O)C(Cc1cc(C(C)(C)C)c(O)c(C(C)(C)C)c1)C(=O)O)SCCCCCCCCCCCC. The molecule has 296 valence electrons. The average molecular weight is 751 g/mol. The Morgan fingerprint density at radius 2 is 0.980 bits per heavy atom. The van der Waals surface area contributed by atoms with Crippen LogP contribution in [0.2, 0.25) is 0 Å². The first kappa shape index (κ1) is 47.7. The number of thioether (sulfide) groups is 2. The summed E-state index contributed by atoms with van der Waals surface area (Å²) in [5.74, 6) is -0.829. The van der Waals surface area contributed by atoms with Gasteiger partial charge in [0.1, 0.15) is 12.4 Å². The van der Waals surface area contributed by atoms with E-state index in [1.165, 1.54) is 116 Å². The smallest absolute Gasteiger partial charge is 0.320 e. The lowest BCUT2D eigenvalue weighted by molar-refractivity contribution is -0.158. The summed E-state index contributed by atoms with van der Waals surface area (Å²) in [5.41, 5.74) is 1.56. The van der Waals surface area contributed by atoms with Gasteiger partial charge in [0.15, 0.2) is 5.92 Å². The maximum atomic E-state index is 13.4. The number of phenols is 1. The molecule has 0 saturated heterocycles. The minimum atomic E-state index is -1.30. The maximum Gasteiger partial charge on any atom is 0.320 e. The van der Waals surface area contributed by atoms with Gasteiger partial charge in [-0.15, -0.1) is 23.5 Å². The second kappa shape index (κ2) is 27.3. The highest BCUT2D eigenvalue weighted by Crippen LogP contribution is 2.40. The van der Waals surface area contributed by atoms with Crippen molar-refractivity contribution in [1.29, 1.82) is 0 Å². The minimum Gasteiger partial charge on any atom is -0.507 e. The molecule has 0 spiro atoms. The first-order valence-corrected chi connectivity index (χ1v) is 22.8. The van der Waals surface area contributed by atoms with Crippen LogP contribution >= 0.6 is 23.5 Å². The maximum absolute atomic E-state index is 13.4. The number of hydrogen-bond donors (Lipinski definition) is 2. The second-order valence-electron chi connectivity index (χ2n) is 16.8. The summed E-state index contributed by atoms with van der Waals surface area (Å²) in [5, 5.41) is 21.3. The van der Waals surface area contributed by atoms with E-state index in [9.17, 15) is 19.8 Å². The largest absolute Gasteiger partial charge is 0.507 e. The van der Waals surface area contributed by atoms with Crippen LogP contribution in [0.3, 0.4) is 0 Å². The molecule has 51 heavy (non-hydrogen) atoms. The number of benzene rings is 1. The molecule has 1 aromatic rings. The molecule has 0 aliphatic rings. The number of hydrogen-bond acceptors (Lipinski definition) is 6. The Bertz CT molecular complexity index is 1010. The Morgan fingerprint density at radius 1 is 0.627 bits per heavy atom. The molecule has 0 heterocycles. The molecule has 1 unspecified atom stereocenters. The molecular formula is C44H78O5S2. The van der Waals surface area contributed by atoms with Gasteiger partial charge in [-0.05, 0) is 58.3 Å². The first-order valence-electron chi connectivity index (χ1n) is 20.7. The summed E-state index contributed by atoms with van der Waals surface area (Å²) in [4.78, 5) is 25.8. The zero-order valence-electron chi connectivity index (χ0n) is 34.2. The second-order valence-corrected chi connectivity index (χ2v) is 19.7. The normalized spacial score (nSPS) is 12.8. The van der Waals surface area contributed by atoms with Crippen LogP contribution in [-0.2, 0) is 31.6 Å². The molecular weight excluding hydrogens is 673 g/mol. The molecule has 0 aliphatic heterocycles. The van der Waals surface area contributed by atoms with Gasteiger partial charge in [-0.1, -0.05) is 183 Å². The number of phenolic OH excluding ortho intramolecular Hbond substituents is 1. The van der Waals surface area contributed by atoms with E-state index < -0.39 is 17.9 Å². The van der Waals surface area contributed by atoms with E-state index in [1.807, 2.05) is 77.2 Å². The zero-order chi connectivity index (χ0) is 38.1. The molecule has 1 rings (SSSR count). The van der Waals surface area contributed by atoms with Crippen molar-refractivity contribution in [3.05, 3.63) is 28.8 Å². The summed E-state index contributed by atoms with van der Waals surface area (Å²) >= 11 is 3.74. The Hall–Kier alpha value is -1.34. The fourth-order valence-corrected chi connectivity index (χ4v) is 9.02. The Morgan fingerprint density at radius 3 is 1.31 bits per heavy atom. The molecule has 0 bridgehead atoms.